The summed E-state index contributed by atoms with van der Waals surface area (Å²) in [5.41, 5.74) is 0.119. The van der Waals surface area contributed by atoms with Gasteiger partial charge in [0.2, 0.25) is 7.00 Å². The van der Waals surface area contributed by atoms with Crippen LogP contribution in [0.3, 0.4) is 0 Å². The lowest BCUT2D eigenvalue weighted by molar-refractivity contribution is 0.344. The largest absolute Gasteiger partial charge is 0.371 e. The smallest absolute Gasteiger partial charge is 0.212 e. The van der Waals surface area contributed by atoms with E-state index < -0.39 is 0 Å². The van der Waals surface area contributed by atoms with Crippen LogP contribution in [-0.4, -0.2) is 19.2 Å². The van der Waals surface area contributed by atoms with Crippen molar-refractivity contribution in [3.05, 3.63) is 0 Å². The van der Waals surface area contributed by atoms with Crippen molar-refractivity contribution in [1.29, 1.82) is 5.16 Å². The number of nitrogens with one attached hydrogen (secondary N) is 1. The van der Waals surface area contributed by atoms with Crippen LogP contribution in [0.2, 0.25) is 6.32 Å². The maximum absolute atomic E-state index is 6.77. The molecule has 1 aliphatic heterocycles. The molecule has 0 saturated carbocycles. The van der Waals surface area contributed by atoms with Gasteiger partial charge in [-0.05, 0) is 13.2 Å². The average Bonchev–Trinajstić information content (AvgIpc) is 2.45. The Labute approximate surface area is 51.5 Å². The van der Waals surface area contributed by atoms with E-state index in [1.54, 1.807) is 0 Å². The van der Waals surface area contributed by atoms with Gasteiger partial charge in [-0.2, -0.15) is 0 Å². The molecule has 1 saturated heterocycles. The van der Waals surface area contributed by atoms with Gasteiger partial charge in [0.15, 0.2) is 0 Å². The normalized spacial score (nSPS) is 35.1. The summed E-state index contributed by atoms with van der Waals surface area (Å²) < 4.78 is 5.08. The first-order valence-corrected chi connectivity index (χ1v) is 3.55. The van der Waals surface area contributed by atoms with E-state index in [4.69, 9.17) is 9.90 Å². The van der Waals surface area contributed by atoms with E-state index in [9.17, 15) is 0 Å². The summed E-state index contributed by atoms with van der Waals surface area (Å²) in [4.78, 5) is 0. The summed E-state index contributed by atoms with van der Waals surface area (Å²) in [5, 5.41) is 6.77. The minimum Gasteiger partial charge on any atom is -0.371 e. The Morgan fingerprint density at radius 3 is 3.00 bits per heavy atom. The highest BCUT2D eigenvalue weighted by molar-refractivity contribution is 7.61. The second-order valence-electron chi connectivity index (χ2n) is 2.25. The van der Waals surface area contributed by atoms with Gasteiger partial charge in [0.25, 0.3) is 0 Å². The third kappa shape index (κ3) is 1.57. The van der Waals surface area contributed by atoms with Crippen molar-refractivity contribution in [3.63, 3.8) is 0 Å². The van der Waals surface area contributed by atoms with Crippen LogP contribution in [0.1, 0.15) is 6.92 Å². The van der Waals surface area contributed by atoms with E-state index in [0.717, 1.165) is 12.9 Å². The van der Waals surface area contributed by atoms with E-state index >= 15 is 0 Å². The molecular weight excluding hydrogens is 120 g/mol. The monoisotopic (exact) mass is 128 g/mol. The van der Waals surface area contributed by atoms with Crippen molar-refractivity contribution in [3.8, 4) is 0 Å². The molecule has 0 aliphatic carbocycles. The van der Waals surface area contributed by atoms with Gasteiger partial charge in [0.1, 0.15) is 0 Å². The molecule has 0 aromatic heterocycles. The molecule has 1 heterocycles. The van der Waals surface area contributed by atoms with Gasteiger partial charge in [-0.25, -0.2) is 0 Å². The van der Waals surface area contributed by atoms with Crippen LogP contribution in [-0.2, 0) is 4.74 Å². The van der Waals surface area contributed by atoms with Crippen molar-refractivity contribution >= 4 is 15.3 Å². The molecule has 0 bridgehead atoms. The number of ether oxygens (including phenoxy) is 1. The summed E-state index contributed by atoms with van der Waals surface area (Å²) in [5.74, 6) is 0. The Kier molecular flexibility index (Phi) is 1.69. The molecular formula is C4H8BNOP. The molecule has 0 aromatic carbocycles. The average molecular weight is 128 g/mol. The Bertz CT molecular complexity index is 104. The van der Waals surface area contributed by atoms with E-state index in [0.29, 0.717) is 8.25 Å². The van der Waals surface area contributed by atoms with Crippen molar-refractivity contribution in [1.82, 2.24) is 0 Å². The minimum absolute atomic E-state index is 0.119. The summed E-state index contributed by atoms with van der Waals surface area (Å²) in [7, 11) is 0.615. The fourth-order valence-corrected chi connectivity index (χ4v) is 0.957. The van der Waals surface area contributed by atoms with Crippen molar-refractivity contribution in [2.24, 2.45) is 0 Å². The van der Waals surface area contributed by atoms with Crippen LogP contribution in [0.4, 0.5) is 0 Å². The fourth-order valence-electron chi connectivity index (χ4n) is 0.480. The summed E-state index contributed by atoms with van der Waals surface area (Å²) in [6.07, 6.45) is 0.929. The molecule has 0 aromatic rings. The van der Waals surface area contributed by atoms with Crippen molar-refractivity contribution in [2.45, 2.75) is 18.8 Å². The molecule has 8 heavy (non-hydrogen) atoms. The van der Waals surface area contributed by atoms with Crippen LogP contribution in [0.15, 0.2) is 0 Å². The number of hydrogen-bond acceptors (Lipinski definition) is 2. The van der Waals surface area contributed by atoms with Gasteiger partial charge in [-0.15, -0.1) is 0 Å². The van der Waals surface area contributed by atoms with Gasteiger partial charge in [0, 0.05) is 0 Å². The van der Waals surface area contributed by atoms with Crippen molar-refractivity contribution < 1.29 is 4.74 Å². The highest BCUT2D eigenvalue weighted by Gasteiger charge is 2.38. The second-order valence-corrected chi connectivity index (χ2v) is 2.88. The number of rotatable bonds is 3. The molecule has 0 spiro atoms. The molecule has 1 N–H and O–H groups in total. The third-order valence-electron chi connectivity index (χ3n) is 1.25. The maximum atomic E-state index is 6.77. The van der Waals surface area contributed by atoms with Gasteiger partial charge >= 0.3 is 0 Å². The lowest BCUT2D eigenvalue weighted by atomic mass is 9.92. The molecule has 2 nitrogen and oxygen atoms in total. The molecule has 1 aliphatic rings. The Morgan fingerprint density at radius 1 is 2.00 bits per heavy atom. The fraction of sp³-hybridized carbons (Fsp3) is 1.00. The molecule has 43 valence electrons. The zero-order valence-corrected chi connectivity index (χ0v) is 5.74. The van der Waals surface area contributed by atoms with E-state index in [1.165, 1.54) is 0 Å². The quantitative estimate of drug-likeness (QED) is 0.349. The predicted molar refractivity (Wildman–Crippen MR) is 34.6 cm³/mol. The second kappa shape index (κ2) is 2.16. The minimum atomic E-state index is 0.119. The third-order valence-corrected chi connectivity index (χ3v) is 1.62. The molecule has 1 rings (SSSR count). The van der Waals surface area contributed by atoms with E-state index in [2.05, 4.69) is 6.92 Å². The topological polar surface area (TPSA) is 36.4 Å². The highest BCUT2D eigenvalue weighted by Crippen LogP contribution is 2.30. The first-order valence-electron chi connectivity index (χ1n) is 2.59. The maximum Gasteiger partial charge on any atom is 0.212 e. The predicted octanol–water partition coefficient (Wildman–Crippen LogP) is 1.52. The molecule has 4 heteroatoms. The molecule has 1 atom stereocenters. The van der Waals surface area contributed by atoms with Crippen LogP contribution in [0, 0.1) is 5.16 Å². The van der Waals surface area contributed by atoms with Gasteiger partial charge in [0.05, 0.1) is 12.2 Å². The zero-order chi connectivity index (χ0) is 6.04. The van der Waals surface area contributed by atoms with Crippen LogP contribution in [0.5, 0.6) is 0 Å². The van der Waals surface area contributed by atoms with Gasteiger partial charge in [-0.3, -0.25) is 5.16 Å². The van der Waals surface area contributed by atoms with Gasteiger partial charge in [-0.1, -0.05) is 8.25 Å². The molecule has 0 amide bonds. The van der Waals surface area contributed by atoms with E-state index in [1.807, 2.05) is 7.00 Å². The van der Waals surface area contributed by atoms with Crippen LogP contribution in [0.25, 0.3) is 0 Å². The first kappa shape index (κ1) is 6.25. The SMILES string of the molecule is CC1(C[B]P=N)CO1. The lowest BCUT2D eigenvalue weighted by Gasteiger charge is -1.95. The molecule has 1 unspecified atom stereocenters. The van der Waals surface area contributed by atoms with Gasteiger partial charge < -0.3 is 4.74 Å². The summed E-state index contributed by atoms with van der Waals surface area (Å²) in [6, 6.07) is 0. The van der Waals surface area contributed by atoms with Crippen LogP contribution < -0.4 is 0 Å². The molecule has 1 radical (unpaired) electrons. The van der Waals surface area contributed by atoms with Crippen molar-refractivity contribution in [2.75, 3.05) is 6.61 Å². The summed E-state index contributed by atoms with van der Waals surface area (Å²) in [6.45, 7) is 4.85. The summed E-state index contributed by atoms with van der Waals surface area (Å²) >= 11 is 0. The number of epoxide rings is 1. The van der Waals surface area contributed by atoms with Crippen LogP contribution >= 0.6 is 8.25 Å². The lowest BCUT2D eigenvalue weighted by Crippen LogP contribution is -2.03. The molecule has 1 fully saturated rings. The zero-order valence-electron chi connectivity index (χ0n) is 4.85. The highest BCUT2D eigenvalue weighted by atomic mass is 31.1. The Morgan fingerprint density at radius 2 is 2.62 bits per heavy atom. The number of hydrogen-bond donors (Lipinski definition) is 1. The standard InChI is InChI=1S/C4H8BNOP/c1-4(3-7-4)2-5-8-6/h6H,2-3H2,1H3. The Hall–Kier alpha value is 0.125. The Balaban J connectivity index is 2.09. The van der Waals surface area contributed by atoms with E-state index in [-0.39, 0.29) is 5.60 Å². The first-order chi connectivity index (χ1) is 3.77.